The summed E-state index contributed by atoms with van der Waals surface area (Å²) in [6.45, 7) is 8.22. The number of amides is 1. The Bertz CT molecular complexity index is 859. The maximum atomic E-state index is 12.7. The maximum absolute atomic E-state index is 12.7. The quantitative estimate of drug-likeness (QED) is 0.157. The van der Waals surface area contributed by atoms with Crippen LogP contribution < -0.4 is 15.4 Å². The first kappa shape index (κ1) is 28.3. The van der Waals surface area contributed by atoms with Crippen molar-refractivity contribution in [3.8, 4) is 17.6 Å². The van der Waals surface area contributed by atoms with E-state index in [-0.39, 0.29) is 12.2 Å². The number of rotatable bonds is 9. The molecule has 2 atom stereocenters. The van der Waals surface area contributed by atoms with Crippen molar-refractivity contribution in [3.63, 3.8) is 0 Å². The van der Waals surface area contributed by atoms with E-state index in [0.29, 0.717) is 5.75 Å². The van der Waals surface area contributed by atoms with Gasteiger partial charge in [-0.2, -0.15) is 0 Å². The Morgan fingerprint density at radius 1 is 1.06 bits per heavy atom. The molecular formula is C22H32N2O9. The lowest BCUT2D eigenvalue weighted by Crippen LogP contribution is -2.64. The number of ether oxygens (including phenoxy) is 3. The van der Waals surface area contributed by atoms with Crippen LogP contribution in [0.5, 0.6) is 5.75 Å². The van der Waals surface area contributed by atoms with E-state index in [4.69, 9.17) is 29.5 Å². The van der Waals surface area contributed by atoms with E-state index in [1.165, 1.54) is 31.4 Å². The molecule has 33 heavy (non-hydrogen) atoms. The summed E-state index contributed by atoms with van der Waals surface area (Å²) in [6.07, 6.45) is -1.41. The van der Waals surface area contributed by atoms with Gasteiger partial charge in [-0.05, 0) is 64.8 Å². The van der Waals surface area contributed by atoms with Crippen molar-refractivity contribution in [2.45, 2.75) is 64.2 Å². The predicted octanol–water partition coefficient (Wildman–Crippen LogP) is -0.570. The Morgan fingerprint density at radius 3 is 2.12 bits per heavy atom. The van der Waals surface area contributed by atoms with Crippen LogP contribution >= 0.6 is 0 Å². The van der Waals surface area contributed by atoms with E-state index >= 15 is 0 Å². The number of carbonyl (C=O) groups is 2. The third kappa shape index (κ3) is 10.6. The molecule has 0 saturated heterocycles. The average Bonchev–Trinajstić information content (AvgIpc) is 2.66. The second kappa shape index (κ2) is 11.4. The first-order valence-corrected chi connectivity index (χ1v) is 9.96. The van der Waals surface area contributed by atoms with Crippen LogP contribution in [0.15, 0.2) is 24.3 Å². The van der Waals surface area contributed by atoms with Crippen LogP contribution in [0.3, 0.4) is 0 Å². The first-order valence-electron chi connectivity index (χ1n) is 9.96. The highest BCUT2D eigenvalue weighted by atomic mass is 16.7. The average molecular weight is 469 g/mol. The van der Waals surface area contributed by atoms with Gasteiger partial charge >= 0.3 is 11.9 Å². The number of hydrogen-bond donors (Lipinski definition) is 6. The molecule has 0 bridgehead atoms. The van der Waals surface area contributed by atoms with E-state index in [2.05, 4.69) is 16.6 Å². The SMILES string of the molecule is COC(=O)C(NC(=O)c1ccc(OCC#CC(O)(O)O)cc1)C(C)(C)NC(O)OC(C)(C)C. The third-order valence-electron chi connectivity index (χ3n) is 4.08. The van der Waals surface area contributed by atoms with Gasteiger partial charge in [-0.3, -0.25) is 10.1 Å². The van der Waals surface area contributed by atoms with E-state index in [9.17, 15) is 14.7 Å². The number of aliphatic hydroxyl groups is 4. The third-order valence-corrected chi connectivity index (χ3v) is 4.08. The van der Waals surface area contributed by atoms with E-state index in [1.807, 2.05) is 0 Å². The van der Waals surface area contributed by atoms with Crippen molar-refractivity contribution in [2.75, 3.05) is 13.7 Å². The highest BCUT2D eigenvalue weighted by Gasteiger charge is 2.39. The summed E-state index contributed by atoms with van der Waals surface area (Å²) >= 11 is 0. The van der Waals surface area contributed by atoms with Crippen LogP contribution in [0.1, 0.15) is 45.0 Å². The fourth-order valence-electron chi connectivity index (χ4n) is 2.61. The summed E-state index contributed by atoms with van der Waals surface area (Å²) in [6, 6.07) is 4.66. The number of carbonyl (C=O) groups excluding carboxylic acids is 2. The molecule has 0 aromatic heterocycles. The maximum Gasteiger partial charge on any atom is 0.345 e. The molecule has 0 saturated carbocycles. The highest BCUT2D eigenvalue weighted by Crippen LogP contribution is 2.17. The molecule has 0 heterocycles. The second-order valence-corrected chi connectivity index (χ2v) is 8.63. The zero-order valence-electron chi connectivity index (χ0n) is 19.5. The fraction of sp³-hybridized carbons (Fsp3) is 0.545. The Hall–Kier alpha value is -2.72. The van der Waals surface area contributed by atoms with Crippen molar-refractivity contribution in [2.24, 2.45) is 0 Å². The summed E-state index contributed by atoms with van der Waals surface area (Å²) in [4.78, 5) is 25.1. The minimum absolute atomic E-state index is 0.213. The van der Waals surface area contributed by atoms with Gasteiger partial charge in [-0.25, -0.2) is 4.79 Å². The topological polar surface area (TPSA) is 167 Å². The Balaban J connectivity index is 2.87. The van der Waals surface area contributed by atoms with Gasteiger partial charge in [0.25, 0.3) is 5.91 Å². The molecule has 0 fully saturated rings. The fourth-order valence-corrected chi connectivity index (χ4v) is 2.61. The summed E-state index contributed by atoms with van der Waals surface area (Å²) in [5.74, 6) is -0.115. The minimum Gasteiger partial charge on any atom is -0.481 e. The molecule has 0 radical (unpaired) electrons. The monoisotopic (exact) mass is 468 g/mol. The number of benzene rings is 1. The van der Waals surface area contributed by atoms with E-state index < -0.39 is 41.4 Å². The van der Waals surface area contributed by atoms with Crippen molar-refractivity contribution in [1.29, 1.82) is 0 Å². The Morgan fingerprint density at radius 2 is 1.64 bits per heavy atom. The molecule has 11 nitrogen and oxygen atoms in total. The molecule has 1 rings (SSSR count). The number of nitrogens with one attached hydrogen (secondary N) is 2. The number of hydrogen-bond acceptors (Lipinski definition) is 10. The molecule has 2 unspecified atom stereocenters. The standard InChI is InChI=1S/C22H32N2O9/c1-20(2,3)33-19(27)24-21(4,5)16(18(26)31-6)23-17(25)14-8-10-15(11-9-14)32-13-7-12-22(28,29)30/h8-11,16,19,24,27-30H,13H2,1-6H3,(H,23,25). The van der Waals surface area contributed by atoms with Gasteiger partial charge in [0, 0.05) is 11.1 Å². The smallest absolute Gasteiger partial charge is 0.345 e. The molecule has 1 amide bonds. The lowest BCUT2D eigenvalue weighted by atomic mass is 9.94. The Kier molecular flexibility index (Phi) is 9.80. The number of esters is 1. The lowest BCUT2D eigenvalue weighted by molar-refractivity contribution is -0.265. The second-order valence-electron chi connectivity index (χ2n) is 8.63. The molecule has 184 valence electrons. The zero-order chi connectivity index (χ0) is 25.4. The van der Waals surface area contributed by atoms with Crippen LogP contribution in [0.4, 0.5) is 0 Å². The molecular weight excluding hydrogens is 436 g/mol. The largest absolute Gasteiger partial charge is 0.481 e. The molecule has 0 aliphatic carbocycles. The Labute approximate surface area is 192 Å². The summed E-state index contributed by atoms with van der Waals surface area (Å²) in [5.41, 5.74) is -1.60. The zero-order valence-corrected chi connectivity index (χ0v) is 19.5. The van der Waals surface area contributed by atoms with E-state index in [1.54, 1.807) is 40.5 Å². The molecule has 0 aliphatic heterocycles. The van der Waals surface area contributed by atoms with Crippen LogP contribution in [0.25, 0.3) is 0 Å². The summed E-state index contributed by atoms with van der Waals surface area (Å²) in [7, 11) is 1.18. The van der Waals surface area contributed by atoms with Gasteiger partial charge < -0.3 is 40.0 Å². The van der Waals surface area contributed by atoms with Crippen LogP contribution in [-0.2, 0) is 14.3 Å². The van der Waals surface area contributed by atoms with Gasteiger partial charge in [0.15, 0.2) is 0 Å². The summed E-state index contributed by atoms with van der Waals surface area (Å²) in [5, 5.41) is 41.6. The molecule has 0 aliphatic rings. The van der Waals surface area contributed by atoms with Crippen LogP contribution in [-0.4, -0.2) is 75.6 Å². The van der Waals surface area contributed by atoms with Crippen LogP contribution in [0.2, 0.25) is 0 Å². The van der Waals surface area contributed by atoms with Gasteiger partial charge in [0.2, 0.25) is 6.41 Å². The van der Waals surface area contributed by atoms with Gasteiger partial charge in [0.05, 0.1) is 12.7 Å². The van der Waals surface area contributed by atoms with Crippen molar-refractivity contribution in [3.05, 3.63) is 29.8 Å². The molecule has 6 N–H and O–H groups in total. The van der Waals surface area contributed by atoms with Crippen molar-refractivity contribution in [1.82, 2.24) is 10.6 Å². The highest BCUT2D eigenvalue weighted by molar-refractivity contribution is 5.97. The molecule has 1 aromatic carbocycles. The number of aliphatic hydroxyl groups excluding tert-OH is 1. The molecule has 1 aromatic rings. The van der Waals surface area contributed by atoms with Gasteiger partial charge in [-0.1, -0.05) is 5.92 Å². The first-order chi connectivity index (χ1) is 15.0. The van der Waals surface area contributed by atoms with E-state index in [0.717, 1.165) is 0 Å². The normalized spacial score (nSPS) is 13.9. The van der Waals surface area contributed by atoms with Gasteiger partial charge in [-0.15, -0.1) is 0 Å². The van der Waals surface area contributed by atoms with Crippen molar-refractivity contribution >= 4 is 11.9 Å². The molecule has 0 spiro atoms. The minimum atomic E-state index is -3.10. The van der Waals surface area contributed by atoms with Gasteiger partial charge in [0.1, 0.15) is 18.4 Å². The van der Waals surface area contributed by atoms with Crippen LogP contribution in [0, 0.1) is 11.8 Å². The summed E-state index contributed by atoms with van der Waals surface area (Å²) < 4.78 is 15.5. The van der Waals surface area contributed by atoms with Crippen molar-refractivity contribution < 1.29 is 44.2 Å². The predicted molar refractivity (Wildman–Crippen MR) is 116 cm³/mol. The lowest BCUT2D eigenvalue weighted by Gasteiger charge is -2.37. The number of methoxy groups -OCH3 is 1. The molecule has 11 heteroatoms.